The van der Waals surface area contributed by atoms with Crippen molar-refractivity contribution in [3.05, 3.63) is 23.8 Å². The fourth-order valence-corrected chi connectivity index (χ4v) is 2.67. The van der Waals surface area contributed by atoms with Gasteiger partial charge in [-0.05, 0) is 56.1 Å². The lowest BCUT2D eigenvalue weighted by Crippen LogP contribution is -2.34. The number of carbonyl (C=O) groups excluding carboxylic acids is 1. The van der Waals surface area contributed by atoms with Gasteiger partial charge in [0.05, 0.1) is 7.11 Å². The number of nitrogens with zero attached hydrogens (tertiary/aromatic N) is 1. The van der Waals surface area contributed by atoms with Crippen LogP contribution in [-0.4, -0.2) is 44.2 Å². The maximum absolute atomic E-state index is 12.0. The molecule has 1 aliphatic rings. The molecule has 5 heteroatoms. The van der Waals surface area contributed by atoms with E-state index >= 15 is 0 Å². The Morgan fingerprint density at radius 1 is 1.48 bits per heavy atom. The maximum Gasteiger partial charge on any atom is 0.319 e. The molecule has 1 saturated heterocycles. The molecule has 1 aliphatic heterocycles. The number of nitrogens with one attached hydrogen (secondary N) is 2. The first-order chi connectivity index (χ1) is 10.1. The fourth-order valence-electron chi connectivity index (χ4n) is 2.67. The van der Waals surface area contributed by atoms with Crippen LogP contribution in [0.15, 0.2) is 18.2 Å². The number of anilines is 1. The van der Waals surface area contributed by atoms with Gasteiger partial charge in [0.15, 0.2) is 0 Å². The molecule has 1 aromatic carbocycles. The van der Waals surface area contributed by atoms with E-state index < -0.39 is 0 Å². The largest absolute Gasteiger partial charge is 0.497 e. The van der Waals surface area contributed by atoms with Gasteiger partial charge in [-0.25, -0.2) is 4.79 Å². The highest BCUT2D eigenvalue weighted by Crippen LogP contribution is 2.21. The van der Waals surface area contributed by atoms with E-state index in [0.717, 1.165) is 49.6 Å². The average Bonchev–Trinajstić information content (AvgIpc) is 2.95. The zero-order chi connectivity index (χ0) is 15.2. The first kappa shape index (κ1) is 15.6. The molecule has 116 valence electrons. The molecule has 1 heterocycles. The summed E-state index contributed by atoms with van der Waals surface area (Å²) in [6, 6.07) is 5.48. The van der Waals surface area contributed by atoms with E-state index in [4.69, 9.17) is 4.74 Å². The highest BCUT2D eigenvalue weighted by atomic mass is 16.5. The highest BCUT2D eigenvalue weighted by molar-refractivity contribution is 5.90. The molecule has 1 aromatic rings. The zero-order valence-corrected chi connectivity index (χ0v) is 13.1. The minimum Gasteiger partial charge on any atom is -0.497 e. The van der Waals surface area contributed by atoms with Crippen LogP contribution < -0.4 is 15.4 Å². The lowest BCUT2D eigenvalue weighted by atomic mass is 10.1. The Bertz CT molecular complexity index is 490. The molecular formula is C16H25N3O2. The van der Waals surface area contributed by atoms with E-state index in [2.05, 4.69) is 22.5 Å². The predicted molar refractivity (Wildman–Crippen MR) is 85.0 cm³/mol. The maximum atomic E-state index is 12.0. The number of carbonyl (C=O) groups is 1. The molecule has 2 N–H and O–H groups in total. The van der Waals surface area contributed by atoms with Gasteiger partial charge in [0.1, 0.15) is 5.75 Å². The summed E-state index contributed by atoms with van der Waals surface area (Å²) >= 11 is 0. The number of urea groups is 1. The average molecular weight is 291 g/mol. The summed E-state index contributed by atoms with van der Waals surface area (Å²) in [5, 5.41) is 5.86. The van der Waals surface area contributed by atoms with Crippen LogP contribution in [-0.2, 0) is 0 Å². The van der Waals surface area contributed by atoms with Gasteiger partial charge in [-0.2, -0.15) is 0 Å². The Morgan fingerprint density at radius 3 is 2.90 bits per heavy atom. The van der Waals surface area contributed by atoms with Crippen LogP contribution in [0.3, 0.4) is 0 Å². The Kier molecular flexibility index (Phi) is 5.44. The van der Waals surface area contributed by atoms with Crippen molar-refractivity contribution >= 4 is 11.7 Å². The monoisotopic (exact) mass is 291 g/mol. The summed E-state index contributed by atoms with van der Waals surface area (Å²) in [5.74, 6) is 1.36. The SMILES string of the molecule is CCN1CC[C@@H](CNC(=O)Nc2ccc(OC)cc2C)C1. The minimum absolute atomic E-state index is 0.141. The van der Waals surface area contributed by atoms with Crippen molar-refractivity contribution in [2.75, 3.05) is 38.6 Å². The predicted octanol–water partition coefficient (Wildman–Crippen LogP) is 2.47. The van der Waals surface area contributed by atoms with E-state index in [1.165, 1.54) is 0 Å². The molecule has 2 amide bonds. The molecule has 5 nitrogen and oxygen atoms in total. The number of hydrogen-bond acceptors (Lipinski definition) is 3. The Labute approximate surface area is 126 Å². The van der Waals surface area contributed by atoms with Gasteiger partial charge in [-0.15, -0.1) is 0 Å². The van der Waals surface area contributed by atoms with E-state index in [1.807, 2.05) is 25.1 Å². The van der Waals surface area contributed by atoms with Crippen LogP contribution in [0.5, 0.6) is 5.75 Å². The van der Waals surface area contributed by atoms with Gasteiger partial charge < -0.3 is 20.3 Å². The summed E-state index contributed by atoms with van der Waals surface area (Å²) < 4.78 is 5.16. The number of aryl methyl sites for hydroxylation is 1. The second-order valence-corrected chi connectivity index (χ2v) is 5.56. The van der Waals surface area contributed by atoms with Crippen molar-refractivity contribution < 1.29 is 9.53 Å². The summed E-state index contributed by atoms with van der Waals surface area (Å²) in [5.41, 5.74) is 1.80. The first-order valence-electron chi connectivity index (χ1n) is 7.54. The van der Waals surface area contributed by atoms with E-state index in [0.29, 0.717) is 5.92 Å². The van der Waals surface area contributed by atoms with Crippen molar-refractivity contribution in [2.45, 2.75) is 20.3 Å². The smallest absolute Gasteiger partial charge is 0.319 e. The summed E-state index contributed by atoms with van der Waals surface area (Å²) in [6.45, 7) is 8.18. The molecule has 0 spiro atoms. The molecule has 1 fully saturated rings. The van der Waals surface area contributed by atoms with Crippen molar-refractivity contribution in [3.8, 4) is 5.75 Å². The number of methoxy groups -OCH3 is 1. The van der Waals surface area contributed by atoms with Crippen LogP contribution in [0.25, 0.3) is 0 Å². The van der Waals surface area contributed by atoms with Crippen molar-refractivity contribution in [3.63, 3.8) is 0 Å². The molecule has 0 aromatic heterocycles. The summed E-state index contributed by atoms with van der Waals surface area (Å²) in [7, 11) is 1.63. The Morgan fingerprint density at radius 2 is 2.29 bits per heavy atom. The van der Waals surface area contributed by atoms with E-state index in [1.54, 1.807) is 7.11 Å². The third-order valence-electron chi connectivity index (χ3n) is 4.05. The second-order valence-electron chi connectivity index (χ2n) is 5.56. The van der Waals surface area contributed by atoms with Crippen LogP contribution in [0, 0.1) is 12.8 Å². The quantitative estimate of drug-likeness (QED) is 0.876. The van der Waals surface area contributed by atoms with Crippen LogP contribution in [0.1, 0.15) is 18.9 Å². The van der Waals surface area contributed by atoms with Gasteiger partial charge in [0.25, 0.3) is 0 Å². The molecule has 0 bridgehead atoms. The van der Waals surface area contributed by atoms with Gasteiger partial charge in [-0.3, -0.25) is 0 Å². The molecule has 0 radical (unpaired) electrons. The Hall–Kier alpha value is -1.75. The first-order valence-corrected chi connectivity index (χ1v) is 7.54. The molecule has 0 aliphatic carbocycles. The summed E-state index contributed by atoms with van der Waals surface area (Å²) in [4.78, 5) is 14.4. The second kappa shape index (κ2) is 7.31. The molecule has 0 saturated carbocycles. The van der Waals surface area contributed by atoms with Crippen LogP contribution in [0.4, 0.5) is 10.5 Å². The topological polar surface area (TPSA) is 53.6 Å². The molecule has 0 unspecified atom stereocenters. The van der Waals surface area contributed by atoms with Gasteiger partial charge in [0, 0.05) is 18.8 Å². The number of ether oxygens (including phenoxy) is 1. The van der Waals surface area contributed by atoms with Crippen LogP contribution in [0.2, 0.25) is 0 Å². The van der Waals surface area contributed by atoms with E-state index in [-0.39, 0.29) is 6.03 Å². The van der Waals surface area contributed by atoms with Gasteiger partial charge in [-0.1, -0.05) is 6.92 Å². The standard InChI is InChI=1S/C16H25N3O2/c1-4-19-8-7-13(11-19)10-17-16(20)18-15-6-5-14(21-3)9-12(15)2/h5-6,9,13H,4,7-8,10-11H2,1-3H3,(H2,17,18,20)/t13-/m0/s1. The van der Waals surface area contributed by atoms with E-state index in [9.17, 15) is 4.79 Å². The molecule has 21 heavy (non-hydrogen) atoms. The number of likely N-dealkylation sites (tertiary alicyclic amines) is 1. The Balaban J connectivity index is 1.79. The number of rotatable bonds is 5. The van der Waals surface area contributed by atoms with Gasteiger partial charge >= 0.3 is 6.03 Å². The third-order valence-corrected chi connectivity index (χ3v) is 4.05. The lowest BCUT2D eigenvalue weighted by Gasteiger charge is -2.15. The number of benzene rings is 1. The highest BCUT2D eigenvalue weighted by Gasteiger charge is 2.21. The number of amides is 2. The zero-order valence-electron chi connectivity index (χ0n) is 13.1. The van der Waals surface area contributed by atoms with Crippen molar-refractivity contribution in [2.24, 2.45) is 5.92 Å². The minimum atomic E-state index is -0.141. The normalized spacial score (nSPS) is 18.5. The van der Waals surface area contributed by atoms with Gasteiger partial charge in [0.2, 0.25) is 0 Å². The fraction of sp³-hybridized carbons (Fsp3) is 0.562. The summed E-state index contributed by atoms with van der Waals surface area (Å²) in [6.07, 6.45) is 1.16. The number of hydrogen-bond donors (Lipinski definition) is 2. The third kappa shape index (κ3) is 4.36. The van der Waals surface area contributed by atoms with Crippen LogP contribution >= 0.6 is 0 Å². The molecule has 2 rings (SSSR count). The molecular weight excluding hydrogens is 266 g/mol. The van der Waals surface area contributed by atoms with Crippen molar-refractivity contribution in [1.29, 1.82) is 0 Å². The lowest BCUT2D eigenvalue weighted by molar-refractivity contribution is 0.250. The van der Waals surface area contributed by atoms with Crippen molar-refractivity contribution in [1.82, 2.24) is 10.2 Å². The molecule has 1 atom stereocenters.